The van der Waals surface area contributed by atoms with E-state index in [0.29, 0.717) is 13.0 Å². The lowest BCUT2D eigenvalue weighted by Gasteiger charge is -2.08. The number of para-hydroxylation sites is 1. The van der Waals surface area contributed by atoms with Gasteiger partial charge in [-0.1, -0.05) is 12.1 Å². The molecular weight excluding hydrogens is 224 g/mol. The van der Waals surface area contributed by atoms with E-state index in [-0.39, 0.29) is 16.9 Å². The molecule has 0 amide bonds. The van der Waals surface area contributed by atoms with Crippen molar-refractivity contribution >= 4 is 17.3 Å². The highest BCUT2D eigenvalue weighted by molar-refractivity contribution is 5.96. The van der Waals surface area contributed by atoms with Crippen LogP contribution in [0.2, 0.25) is 0 Å². The molecule has 6 nitrogen and oxygen atoms in total. The Hall–Kier alpha value is -2.37. The predicted octanol–water partition coefficient (Wildman–Crippen LogP) is 2.28. The van der Waals surface area contributed by atoms with Gasteiger partial charge in [-0.2, -0.15) is 0 Å². The summed E-state index contributed by atoms with van der Waals surface area (Å²) in [5.41, 5.74) is -0.316. The molecule has 0 spiro atoms. The van der Waals surface area contributed by atoms with Crippen molar-refractivity contribution in [3.05, 3.63) is 46.5 Å². The lowest BCUT2D eigenvalue weighted by atomic mass is 10.1. The number of carboxylic acids is 1. The summed E-state index contributed by atoms with van der Waals surface area (Å²) < 4.78 is 0. The number of nitro benzene ring substituents is 1. The van der Waals surface area contributed by atoms with Crippen molar-refractivity contribution in [1.82, 2.24) is 0 Å². The van der Waals surface area contributed by atoms with Crippen LogP contribution in [0.15, 0.2) is 30.9 Å². The van der Waals surface area contributed by atoms with Crippen LogP contribution in [0.1, 0.15) is 16.8 Å². The average molecular weight is 236 g/mol. The summed E-state index contributed by atoms with van der Waals surface area (Å²) in [5.74, 6) is -1.20. The molecule has 0 radical (unpaired) electrons. The lowest BCUT2D eigenvalue weighted by Crippen LogP contribution is -2.09. The van der Waals surface area contributed by atoms with Crippen molar-refractivity contribution in [2.75, 3.05) is 11.9 Å². The molecule has 1 aromatic rings. The molecule has 1 rings (SSSR count). The van der Waals surface area contributed by atoms with Crippen LogP contribution in [0, 0.1) is 10.1 Å². The second-order valence-electron chi connectivity index (χ2n) is 3.27. The van der Waals surface area contributed by atoms with Crippen molar-refractivity contribution in [3.8, 4) is 0 Å². The number of hydrogen-bond acceptors (Lipinski definition) is 4. The first-order valence-electron chi connectivity index (χ1n) is 4.93. The molecule has 0 aliphatic rings. The number of aromatic carboxylic acids is 1. The third-order valence-corrected chi connectivity index (χ3v) is 2.12. The topological polar surface area (TPSA) is 92.5 Å². The van der Waals surface area contributed by atoms with E-state index in [1.807, 2.05) is 0 Å². The molecular formula is C11H12N2O4. The van der Waals surface area contributed by atoms with Gasteiger partial charge in [0.1, 0.15) is 5.69 Å². The molecule has 1 aromatic carbocycles. The van der Waals surface area contributed by atoms with Crippen molar-refractivity contribution in [3.63, 3.8) is 0 Å². The second-order valence-corrected chi connectivity index (χ2v) is 3.27. The molecule has 90 valence electrons. The third kappa shape index (κ3) is 3.04. The number of carbonyl (C=O) groups is 1. The summed E-state index contributed by atoms with van der Waals surface area (Å²) in [6.07, 6.45) is 2.23. The van der Waals surface area contributed by atoms with Gasteiger partial charge in [-0.25, -0.2) is 4.79 Å². The monoisotopic (exact) mass is 236 g/mol. The smallest absolute Gasteiger partial charge is 0.338 e. The van der Waals surface area contributed by atoms with Crippen molar-refractivity contribution < 1.29 is 14.8 Å². The highest BCUT2D eigenvalue weighted by Crippen LogP contribution is 2.28. The van der Waals surface area contributed by atoms with E-state index < -0.39 is 10.9 Å². The summed E-state index contributed by atoms with van der Waals surface area (Å²) in [6.45, 7) is 3.91. The fourth-order valence-electron chi connectivity index (χ4n) is 1.36. The minimum Gasteiger partial charge on any atom is -0.478 e. The first-order valence-corrected chi connectivity index (χ1v) is 4.93. The van der Waals surface area contributed by atoms with Gasteiger partial charge >= 0.3 is 5.97 Å². The van der Waals surface area contributed by atoms with Crippen molar-refractivity contribution in [2.24, 2.45) is 0 Å². The number of nitrogens with zero attached hydrogens (tertiary/aromatic N) is 1. The normalized spacial score (nSPS) is 9.65. The molecule has 0 saturated heterocycles. The molecule has 0 unspecified atom stereocenters. The fourth-order valence-corrected chi connectivity index (χ4v) is 1.36. The largest absolute Gasteiger partial charge is 0.478 e. The van der Waals surface area contributed by atoms with Crippen LogP contribution in [0.5, 0.6) is 0 Å². The molecule has 0 bridgehead atoms. The van der Waals surface area contributed by atoms with Crippen LogP contribution in [-0.2, 0) is 0 Å². The Balaban J connectivity index is 3.14. The molecule has 0 aliphatic carbocycles. The first-order chi connectivity index (χ1) is 8.07. The average Bonchev–Trinajstić information content (AvgIpc) is 2.28. The number of carboxylic acid groups (broad SMARTS) is 1. The zero-order valence-electron chi connectivity index (χ0n) is 9.05. The molecule has 0 aromatic heterocycles. The van der Waals surface area contributed by atoms with Crippen LogP contribution in [0.4, 0.5) is 11.4 Å². The van der Waals surface area contributed by atoms with E-state index in [9.17, 15) is 14.9 Å². The Morgan fingerprint density at radius 3 is 2.82 bits per heavy atom. The summed E-state index contributed by atoms with van der Waals surface area (Å²) in [4.78, 5) is 21.1. The Bertz CT molecular complexity index is 425. The zero-order chi connectivity index (χ0) is 12.8. The van der Waals surface area contributed by atoms with Gasteiger partial charge in [-0.15, -0.1) is 6.58 Å². The number of rotatable bonds is 6. The van der Waals surface area contributed by atoms with E-state index in [1.54, 1.807) is 6.08 Å². The Morgan fingerprint density at radius 1 is 1.59 bits per heavy atom. The standard InChI is InChI=1S/C11H12N2O4/c1-2-3-7-12-10-8(11(14)15)5-4-6-9(10)13(16)17/h2,4-6,12H,1,3,7H2,(H,14,15). The summed E-state index contributed by atoms with van der Waals surface area (Å²) in [7, 11) is 0. The Labute approximate surface area is 97.7 Å². The van der Waals surface area contributed by atoms with Gasteiger partial charge in [0.05, 0.1) is 10.5 Å². The van der Waals surface area contributed by atoms with Crippen LogP contribution < -0.4 is 5.32 Å². The molecule has 6 heteroatoms. The van der Waals surface area contributed by atoms with Gasteiger partial charge in [-0.3, -0.25) is 10.1 Å². The first kappa shape index (κ1) is 12.7. The van der Waals surface area contributed by atoms with E-state index in [4.69, 9.17) is 5.11 Å². The van der Waals surface area contributed by atoms with Crippen LogP contribution in [0.3, 0.4) is 0 Å². The minimum atomic E-state index is -1.20. The molecule has 0 aliphatic heterocycles. The maximum atomic E-state index is 10.9. The predicted molar refractivity (Wildman–Crippen MR) is 63.4 cm³/mol. The van der Waals surface area contributed by atoms with Gasteiger partial charge in [0.25, 0.3) is 5.69 Å². The second kappa shape index (κ2) is 5.64. The van der Waals surface area contributed by atoms with Crippen LogP contribution >= 0.6 is 0 Å². The number of hydrogen-bond donors (Lipinski definition) is 2. The summed E-state index contributed by atoms with van der Waals surface area (Å²) in [5, 5.41) is 22.5. The maximum Gasteiger partial charge on any atom is 0.338 e. The Morgan fingerprint density at radius 2 is 2.29 bits per heavy atom. The van der Waals surface area contributed by atoms with E-state index in [1.165, 1.54) is 18.2 Å². The molecule has 0 saturated carbocycles. The summed E-state index contributed by atoms with van der Waals surface area (Å²) in [6, 6.07) is 3.94. The van der Waals surface area contributed by atoms with Crippen molar-refractivity contribution in [1.29, 1.82) is 0 Å². The fraction of sp³-hybridized carbons (Fsp3) is 0.182. The number of anilines is 1. The molecule has 0 heterocycles. The van der Waals surface area contributed by atoms with E-state index in [0.717, 1.165) is 0 Å². The lowest BCUT2D eigenvalue weighted by molar-refractivity contribution is -0.384. The summed E-state index contributed by atoms with van der Waals surface area (Å²) >= 11 is 0. The van der Waals surface area contributed by atoms with Gasteiger partial charge in [0, 0.05) is 12.6 Å². The maximum absolute atomic E-state index is 10.9. The number of nitrogens with one attached hydrogen (secondary N) is 1. The van der Waals surface area contributed by atoms with E-state index >= 15 is 0 Å². The molecule has 17 heavy (non-hydrogen) atoms. The third-order valence-electron chi connectivity index (χ3n) is 2.12. The van der Waals surface area contributed by atoms with E-state index in [2.05, 4.69) is 11.9 Å². The van der Waals surface area contributed by atoms with Gasteiger partial charge in [0.2, 0.25) is 0 Å². The number of benzene rings is 1. The SMILES string of the molecule is C=CCCNc1c(C(=O)O)cccc1[N+](=O)[O-]. The minimum absolute atomic E-state index is 0.0341. The van der Waals surface area contributed by atoms with Gasteiger partial charge in [-0.05, 0) is 12.5 Å². The van der Waals surface area contributed by atoms with Gasteiger partial charge in [0.15, 0.2) is 0 Å². The van der Waals surface area contributed by atoms with Crippen LogP contribution in [-0.4, -0.2) is 22.5 Å². The molecule has 2 N–H and O–H groups in total. The zero-order valence-corrected chi connectivity index (χ0v) is 9.05. The van der Waals surface area contributed by atoms with Crippen LogP contribution in [0.25, 0.3) is 0 Å². The van der Waals surface area contributed by atoms with Gasteiger partial charge < -0.3 is 10.4 Å². The number of nitro groups is 1. The highest BCUT2D eigenvalue weighted by Gasteiger charge is 2.20. The molecule has 0 atom stereocenters. The Kier molecular flexibility index (Phi) is 4.21. The molecule has 0 fully saturated rings. The van der Waals surface area contributed by atoms with Crippen molar-refractivity contribution in [2.45, 2.75) is 6.42 Å². The quantitative estimate of drug-likeness (QED) is 0.342. The highest BCUT2D eigenvalue weighted by atomic mass is 16.6.